The molecule has 0 unspecified atom stereocenters. The van der Waals surface area contributed by atoms with Crippen molar-refractivity contribution in [1.82, 2.24) is 10.3 Å². The molecule has 9 nitrogen and oxygen atoms in total. The molecule has 3 rings (SSSR count). The standard InChI is InChI=1S/C15H14N6O3S/c1-5(2)7-6(4-16)13(18)19-14-8(7)9(17)12(25-14)11(22)10-15(23)24-20-21(10)3/h5H,1-3H3,(H4-,17,18,19,20,22,23)/p+1. The number of ketones is 1. The van der Waals surface area contributed by atoms with Gasteiger partial charge in [0.2, 0.25) is 0 Å². The van der Waals surface area contributed by atoms with Crippen LogP contribution in [0.2, 0.25) is 0 Å². The Balaban J connectivity index is 2.36. The number of hydrogen-bond donors (Lipinski definition) is 3. The average molecular weight is 359 g/mol. The number of hydrogen-bond acceptors (Lipinski definition) is 8. The number of nitrogen functional groups attached to an aromatic ring is 2. The van der Waals surface area contributed by atoms with Crippen LogP contribution >= 0.6 is 11.3 Å². The summed E-state index contributed by atoms with van der Waals surface area (Å²) in [6.07, 6.45) is 0. The third-order valence-electron chi connectivity index (χ3n) is 3.86. The largest absolute Gasteiger partial charge is 0.438 e. The number of nitrogens with one attached hydrogen (secondary N) is 1. The van der Waals surface area contributed by atoms with Crippen molar-refractivity contribution in [3.8, 4) is 6.07 Å². The van der Waals surface area contributed by atoms with Crippen LogP contribution in [0.25, 0.3) is 10.2 Å². The molecular formula is C15H15N6O3S+. The van der Waals surface area contributed by atoms with E-state index in [0.29, 0.717) is 15.8 Å². The number of rotatable bonds is 3. The van der Waals surface area contributed by atoms with Crippen molar-refractivity contribution in [2.45, 2.75) is 19.8 Å². The number of fused-ring (bicyclic) bond motifs is 1. The molecule has 5 N–H and O–H groups in total. The van der Waals surface area contributed by atoms with Crippen molar-refractivity contribution in [2.24, 2.45) is 7.05 Å². The lowest BCUT2D eigenvalue weighted by Gasteiger charge is -2.11. The van der Waals surface area contributed by atoms with Crippen LogP contribution in [0.15, 0.2) is 9.32 Å². The maximum Gasteiger partial charge on any atom is 0.438 e. The third-order valence-corrected chi connectivity index (χ3v) is 4.96. The van der Waals surface area contributed by atoms with E-state index in [-0.39, 0.29) is 33.6 Å². The fourth-order valence-electron chi connectivity index (χ4n) is 2.76. The van der Waals surface area contributed by atoms with Crippen LogP contribution in [-0.2, 0) is 7.05 Å². The first-order valence-corrected chi connectivity index (χ1v) is 8.13. The number of aromatic amines is 1. The second-order valence-corrected chi connectivity index (χ2v) is 6.79. The van der Waals surface area contributed by atoms with Crippen molar-refractivity contribution >= 4 is 38.8 Å². The van der Waals surface area contributed by atoms with Crippen LogP contribution in [0.3, 0.4) is 0 Å². The molecule has 0 saturated carbocycles. The van der Waals surface area contributed by atoms with Gasteiger partial charge in [-0.15, -0.1) is 11.3 Å². The summed E-state index contributed by atoms with van der Waals surface area (Å²) in [7, 11) is 1.48. The number of nitrogens with zero attached hydrogens (tertiary/aromatic N) is 3. The van der Waals surface area contributed by atoms with E-state index in [1.54, 1.807) is 0 Å². The van der Waals surface area contributed by atoms with Gasteiger partial charge < -0.3 is 11.5 Å². The average Bonchev–Trinajstić information content (AvgIpc) is 3.05. The first-order chi connectivity index (χ1) is 11.8. The van der Waals surface area contributed by atoms with Crippen LogP contribution in [0.5, 0.6) is 0 Å². The molecule has 0 aromatic carbocycles. The van der Waals surface area contributed by atoms with Crippen LogP contribution in [0, 0.1) is 11.3 Å². The molecule has 3 aromatic rings. The van der Waals surface area contributed by atoms with Gasteiger partial charge >= 0.3 is 11.3 Å². The number of anilines is 2. The van der Waals surface area contributed by atoms with E-state index in [2.05, 4.69) is 20.8 Å². The highest BCUT2D eigenvalue weighted by Gasteiger charge is 2.33. The Morgan fingerprint density at radius 1 is 1.44 bits per heavy atom. The van der Waals surface area contributed by atoms with E-state index in [1.807, 2.05) is 13.8 Å². The number of nitriles is 1. The maximum absolute atomic E-state index is 12.8. The second kappa shape index (κ2) is 5.71. The van der Waals surface area contributed by atoms with E-state index in [9.17, 15) is 14.9 Å². The minimum Gasteiger partial charge on any atom is -0.397 e. The lowest BCUT2D eigenvalue weighted by atomic mass is 9.94. The molecule has 0 amide bonds. The van der Waals surface area contributed by atoms with Crippen LogP contribution in [0.1, 0.15) is 46.3 Å². The molecule has 0 aliphatic heterocycles. The molecule has 0 saturated heterocycles. The van der Waals surface area contributed by atoms with Crippen molar-refractivity contribution in [1.29, 1.82) is 5.26 Å². The SMILES string of the molecule is CC(C)c1c(C#N)c(N)nc2sc(C(=O)c3c(=O)o[nH][n+]3C)c(N)c12. The molecular weight excluding hydrogens is 344 g/mol. The molecule has 0 radical (unpaired) electrons. The molecule has 3 heterocycles. The normalized spacial score (nSPS) is 11.2. The molecule has 128 valence electrons. The van der Waals surface area contributed by atoms with Crippen LogP contribution < -0.4 is 21.8 Å². The minimum atomic E-state index is -0.793. The molecule has 0 aliphatic rings. The molecule has 0 bridgehead atoms. The lowest BCUT2D eigenvalue weighted by Crippen LogP contribution is -2.39. The van der Waals surface area contributed by atoms with Gasteiger partial charge in [-0.2, -0.15) is 5.26 Å². The number of pyridine rings is 1. The first kappa shape index (κ1) is 16.7. The fraction of sp³-hybridized carbons (Fsp3) is 0.267. The van der Waals surface area contributed by atoms with E-state index < -0.39 is 11.4 Å². The number of nitrogens with two attached hydrogens (primary N) is 2. The number of aryl methyl sites for hydroxylation is 1. The van der Waals surface area contributed by atoms with Gasteiger partial charge in [-0.3, -0.25) is 9.32 Å². The Hall–Kier alpha value is -3.19. The molecule has 0 aliphatic carbocycles. The number of thiophene rings is 1. The minimum absolute atomic E-state index is 0.0595. The Morgan fingerprint density at radius 2 is 2.12 bits per heavy atom. The predicted octanol–water partition coefficient (Wildman–Crippen LogP) is 0.793. The monoisotopic (exact) mass is 359 g/mol. The highest BCUT2D eigenvalue weighted by molar-refractivity contribution is 7.21. The highest BCUT2D eigenvalue weighted by Crippen LogP contribution is 2.41. The summed E-state index contributed by atoms with van der Waals surface area (Å²) >= 11 is 1.03. The summed E-state index contributed by atoms with van der Waals surface area (Å²) in [6.45, 7) is 3.79. The Labute approximate surface area is 145 Å². The van der Waals surface area contributed by atoms with Crippen molar-refractivity contribution < 1.29 is 14.0 Å². The smallest absolute Gasteiger partial charge is 0.397 e. The second-order valence-electron chi connectivity index (χ2n) is 5.79. The first-order valence-electron chi connectivity index (χ1n) is 7.31. The zero-order valence-corrected chi connectivity index (χ0v) is 14.5. The van der Waals surface area contributed by atoms with Crippen molar-refractivity contribution in [3.05, 3.63) is 32.1 Å². The lowest BCUT2D eigenvalue weighted by molar-refractivity contribution is -0.741. The van der Waals surface area contributed by atoms with Crippen LogP contribution in [0.4, 0.5) is 11.5 Å². The Morgan fingerprint density at radius 3 is 2.64 bits per heavy atom. The predicted molar refractivity (Wildman–Crippen MR) is 91.2 cm³/mol. The quantitative estimate of drug-likeness (QED) is 0.461. The summed E-state index contributed by atoms with van der Waals surface area (Å²) in [5.74, 6) is -0.550. The van der Waals surface area contributed by atoms with Gasteiger partial charge in [-0.1, -0.05) is 18.5 Å². The summed E-state index contributed by atoms with van der Waals surface area (Å²) in [5, 5.41) is 12.2. The summed E-state index contributed by atoms with van der Waals surface area (Å²) in [5.41, 5.74) is 12.2. The summed E-state index contributed by atoms with van der Waals surface area (Å²) in [4.78, 5) is 29.3. The van der Waals surface area contributed by atoms with Gasteiger partial charge in [0.1, 0.15) is 21.6 Å². The van der Waals surface area contributed by atoms with Crippen LogP contribution in [-0.4, -0.2) is 16.0 Å². The Kier molecular flexibility index (Phi) is 3.81. The van der Waals surface area contributed by atoms with E-state index >= 15 is 0 Å². The van der Waals surface area contributed by atoms with Gasteiger partial charge in [0.05, 0.1) is 11.3 Å². The van der Waals surface area contributed by atoms with Gasteiger partial charge in [-0.25, -0.2) is 9.78 Å². The van der Waals surface area contributed by atoms with Crippen molar-refractivity contribution in [2.75, 3.05) is 11.5 Å². The van der Waals surface area contributed by atoms with E-state index in [1.165, 1.54) is 11.7 Å². The number of carbonyl (C=O) groups excluding carboxylic acids is 1. The van der Waals surface area contributed by atoms with Gasteiger partial charge in [0, 0.05) is 5.39 Å². The van der Waals surface area contributed by atoms with E-state index in [4.69, 9.17) is 11.5 Å². The zero-order chi connectivity index (χ0) is 18.5. The van der Waals surface area contributed by atoms with E-state index in [0.717, 1.165) is 11.3 Å². The molecule has 0 fully saturated rings. The van der Waals surface area contributed by atoms with Gasteiger partial charge in [0.25, 0.3) is 5.78 Å². The van der Waals surface area contributed by atoms with Gasteiger partial charge in [-0.05, 0) is 16.8 Å². The molecule has 10 heteroatoms. The molecule has 3 aromatic heterocycles. The van der Waals surface area contributed by atoms with Crippen molar-refractivity contribution in [3.63, 3.8) is 0 Å². The topological polar surface area (TPSA) is 156 Å². The summed E-state index contributed by atoms with van der Waals surface area (Å²) < 4.78 is 5.80. The molecule has 0 spiro atoms. The Bertz CT molecular complexity index is 1120. The number of aromatic nitrogens is 3. The van der Waals surface area contributed by atoms with Gasteiger partial charge in [0.15, 0.2) is 7.05 Å². The fourth-order valence-corrected chi connectivity index (χ4v) is 3.82. The number of H-pyrrole nitrogens is 1. The number of carbonyl (C=O) groups is 1. The summed E-state index contributed by atoms with van der Waals surface area (Å²) in [6, 6.07) is 2.05. The molecule has 25 heavy (non-hydrogen) atoms. The third kappa shape index (κ3) is 2.36. The maximum atomic E-state index is 12.8. The molecule has 0 atom stereocenters. The zero-order valence-electron chi connectivity index (χ0n) is 13.7. The highest BCUT2D eigenvalue weighted by atomic mass is 32.1.